The molecule has 302 valence electrons. The Morgan fingerprint density at radius 3 is 0.893 bits per heavy atom. The average molecular weight is 859 g/mol. The zero-order chi connectivity index (χ0) is 39.3. The zero-order valence-electron chi connectivity index (χ0n) is 35.2. The second-order valence-corrected chi connectivity index (χ2v) is 22.7. The number of aryl methyl sites for hydroxylation is 6. The van der Waals surface area contributed by atoms with Gasteiger partial charge in [0, 0.05) is 58.5 Å². The van der Waals surface area contributed by atoms with Gasteiger partial charge in [-0.25, -0.2) is 0 Å². The molecule has 0 aliphatic heterocycles. The lowest BCUT2D eigenvalue weighted by atomic mass is 10.0. The molecule has 0 N–H and O–H groups in total. The van der Waals surface area contributed by atoms with Crippen LogP contribution in [0.25, 0.3) is 48.8 Å². The number of thiophene rings is 6. The molecule has 0 saturated heterocycles. The van der Waals surface area contributed by atoms with Crippen LogP contribution in [0.3, 0.4) is 0 Å². The van der Waals surface area contributed by atoms with Crippen molar-refractivity contribution in [3.63, 3.8) is 0 Å². The zero-order valence-corrected chi connectivity index (χ0v) is 40.1. The summed E-state index contributed by atoms with van der Waals surface area (Å²) in [5, 5.41) is 0. The van der Waals surface area contributed by atoms with Gasteiger partial charge in [-0.2, -0.15) is 0 Å². The highest BCUT2D eigenvalue weighted by Gasteiger charge is 2.21. The highest BCUT2D eigenvalue weighted by molar-refractivity contribution is 7.30. The van der Waals surface area contributed by atoms with E-state index in [1.807, 2.05) is 45.3 Å². The smallest absolute Gasteiger partial charge is 0.0481 e. The molecule has 0 aliphatic rings. The third-order valence-corrected chi connectivity index (χ3v) is 18.7. The van der Waals surface area contributed by atoms with Crippen LogP contribution in [0, 0.1) is 13.8 Å². The maximum absolute atomic E-state index is 2.59. The van der Waals surface area contributed by atoms with Crippen LogP contribution in [0.5, 0.6) is 0 Å². The molecule has 0 fully saturated rings. The number of hydrogen-bond acceptors (Lipinski definition) is 6. The van der Waals surface area contributed by atoms with Gasteiger partial charge in [-0.3, -0.25) is 0 Å². The van der Waals surface area contributed by atoms with Gasteiger partial charge in [0.15, 0.2) is 0 Å². The van der Waals surface area contributed by atoms with Crippen LogP contribution >= 0.6 is 68.0 Å². The van der Waals surface area contributed by atoms with E-state index in [0.717, 1.165) is 0 Å². The van der Waals surface area contributed by atoms with Gasteiger partial charge in [-0.1, -0.05) is 105 Å². The van der Waals surface area contributed by atoms with Crippen molar-refractivity contribution >= 4 is 68.0 Å². The van der Waals surface area contributed by atoms with Crippen LogP contribution in [-0.4, -0.2) is 0 Å². The van der Waals surface area contributed by atoms with Crippen molar-refractivity contribution < 1.29 is 0 Å². The minimum atomic E-state index is 1.18. The molecule has 6 rings (SSSR count). The van der Waals surface area contributed by atoms with Crippen molar-refractivity contribution in [3.05, 3.63) is 80.5 Å². The summed E-state index contributed by atoms with van der Waals surface area (Å²) in [4.78, 5) is 17.7. The van der Waals surface area contributed by atoms with Crippen LogP contribution in [-0.2, 0) is 25.7 Å². The number of unbranched alkanes of at least 4 members (excludes halogenated alkanes) is 12. The lowest BCUT2D eigenvalue weighted by molar-refractivity contribution is 0.668. The summed E-state index contributed by atoms with van der Waals surface area (Å²) < 4.78 is 0. The van der Waals surface area contributed by atoms with Crippen molar-refractivity contribution in [2.75, 3.05) is 0 Å². The van der Waals surface area contributed by atoms with Crippen molar-refractivity contribution in [1.29, 1.82) is 0 Å². The van der Waals surface area contributed by atoms with E-state index in [0.29, 0.717) is 0 Å². The lowest BCUT2D eigenvalue weighted by Gasteiger charge is -2.03. The van der Waals surface area contributed by atoms with Gasteiger partial charge in [-0.05, 0) is 136 Å². The fourth-order valence-electron chi connectivity index (χ4n) is 7.94. The fraction of sp³-hybridized carbons (Fsp3) is 0.520. The van der Waals surface area contributed by atoms with Gasteiger partial charge in [0.25, 0.3) is 0 Å². The molecule has 6 heteroatoms. The average Bonchev–Trinajstić information content (AvgIpc) is 4.05. The van der Waals surface area contributed by atoms with Crippen molar-refractivity contribution in [1.82, 2.24) is 0 Å². The summed E-state index contributed by atoms with van der Waals surface area (Å²) >= 11 is 12.2. The highest BCUT2D eigenvalue weighted by Crippen LogP contribution is 2.50. The van der Waals surface area contributed by atoms with E-state index >= 15 is 0 Å². The molecular weight excluding hydrogens is 793 g/mol. The predicted octanol–water partition coefficient (Wildman–Crippen LogP) is 19.5. The molecule has 0 aliphatic carbocycles. The maximum atomic E-state index is 2.59. The van der Waals surface area contributed by atoms with E-state index in [4.69, 9.17) is 0 Å². The first-order valence-electron chi connectivity index (χ1n) is 22.1. The van der Waals surface area contributed by atoms with Gasteiger partial charge < -0.3 is 0 Å². The van der Waals surface area contributed by atoms with E-state index in [-0.39, 0.29) is 0 Å². The summed E-state index contributed by atoms with van der Waals surface area (Å²) in [6, 6.07) is 19.9. The summed E-state index contributed by atoms with van der Waals surface area (Å²) in [5.74, 6) is 0. The molecule has 56 heavy (non-hydrogen) atoms. The fourth-order valence-corrected chi connectivity index (χ4v) is 15.2. The minimum absolute atomic E-state index is 1.18. The second kappa shape index (κ2) is 22.5. The SMILES string of the molecule is CCCCCCc1cc(C)sc1-c1ccc(-c2sc(-c3cc(CCCCCC)c(-c4ccc(-c5sc(C)cc5CCCCCC)s4)s3)cc2CCCCCC)s1. The Morgan fingerprint density at radius 2 is 0.589 bits per heavy atom. The standard InChI is InChI=1S/C50H66S6/c1-7-11-15-19-23-37-31-35(5)51-47(37)41-27-29-43(53-41)49-39(25-21-17-13-9-3)33-45(55-49)46-34-40(26-22-18-14-10-4)50(56-46)44-30-28-42(54-44)48-38(32-36(6)52-48)24-20-16-12-8-2/h27-34H,7-26H2,1-6H3. The van der Waals surface area contributed by atoms with Gasteiger partial charge in [0.05, 0.1) is 0 Å². The van der Waals surface area contributed by atoms with E-state index in [1.165, 1.54) is 187 Å². The Morgan fingerprint density at radius 1 is 0.304 bits per heavy atom. The topological polar surface area (TPSA) is 0 Å². The van der Waals surface area contributed by atoms with E-state index < -0.39 is 0 Å². The first-order valence-corrected chi connectivity index (χ1v) is 27.0. The van der Waals surface area contributed by atoms with Crippen LogP contribution < -0.4 is 0 Å². The first-order chi connectivity index (χ1) is 27.4. The molecule has 6 aromatic rings. The minimum Gasteiger partial charge on any atom is -0.139 e. The van der Waals surface area contributed by atoms with Gasteiger partial charge >= 0.3 is 0 Å². The van der Waals surface area contributed by atoms with Crippen molar-refractivity contribution in [2.24, 2.45) is 0 Å². The third-order valence-electron chi connectivity index (χ3n) is 11.0. The quantitative estimate of drug-likeness (QED) is 0.0503. The maximum Gasteiger partial charge on any atom is 0.0481 e. The highest BCUT2D eigenvalue weighted by atomic mass is 32.1. The second-order valence-electron chi connectivity index (χ2n) is 15.9. The van der Waals surface area contributed by atoms with Crippen LogP contribution in [0.15, 0.2) is 48.5 Å². The first kappa shape index (κ1) is 43.8. The molecule has 0 bridgehead atoms. The Bertz CT molecular complexity index is 1900. The van der Waals surface area contributed by atoms with E-state index in [1.54, 1.807) is 22.3 Å². The van der Waals surface area contributed by atoms with E-state index in [9.17, 15) is 0 Å². The van der Waals surface area contributed by atoms with Gasteiger partial charge in [0.2, 0.25) is 0 Å². The normalized spacial score (nSPS) is 11.8. The molecular formula is C50H66S6. The molecule has 6 heterocycles. The van der Waals surface area contributed by atoms with Crippen molar-refractivity contribution in [2.45, 2.75) is 170 Å². The molecule has 0 nitrogen and oxygen atoms in total. The largest absolute Gasteiger partial charge is 0.139 e. The Labute approximate surface area is 364 Å². The summed E-state index contributed by atoms with van der Waals surface area (Å²) in [7, 11) is 0. The molecule has 6 aromatic heterocycles. The van der Waals surface area contributed by atoms with Crippen LogP contribution in [0.2, 0.25) is 0 Å². The summed E-state index contributed by atoms with van der Waals surface area (Å²) in [6.45, 7) is 13.8. The Hall–Kier alpha value is -1.80. The molecule has 0 amide bonds. The number of hydrogen-bond donors (Lipinski definition) is 0. The van der Waals surface area contributed by atoms with Crippen LogP contribution in [0.4, 0.5) is 0 Å². The van der Waals surface area contributed by atoms with Crippen molar-refractivity contribution in [3.8, 4) is 48.8 Å². The van der Waals surface area contributed by atoms with Gasteiger partial charge in [0.1, 0.15) is 0 Å². The van der Waals surface area contributed by atoms with E-state index in [2.05, 4.69) is 113 Å². The monoisotopic (exact) mass is 858 g/mol. The van der Waals surface area contributed by atoms with Crippen LogP contribution in [0.1, 0.15) is 162 Å². The molecule has 0 unspecified atom stereocenters. The Balaban J connectivity index is 1.31. The molecule has 0 aromatic carbocycles. The molecule has 0 spiro atoms. The summed E-state index contributed by atoms with van der Waals surface area (Å²) in [5.41, 5.74) is 6.26. The van der Waals surface area contributed by atoms with Gasteiger partial charge in [-0.15, -0.1) is 68.0 Å². The molecule has 0 radical (unpaired) electrons. The molecule has 0 atom stereocenters. The third kappa shape index (κ3) is 11.7. The summed E-state index contributed by atoms with van der Waals surface area (Å²) in [6.07, 6.45) is 25.8. The predicted molar refractivity (Wildman–Crippen MR) is 262 cm³/mol. The Kier molecular flexibility index (Phi) is 17.6. The lowest BCUT2D eigenvalue weighted by Crippen LogP contribution is -1.85. The molecule has 0 saturated carbocycles. The number of rotatable bonds is 25.